The van der Waals surface area contributed by atoms with Gasteiger partial charge in [0.1, 0.15) is 0 Å². The lowest BCUT2D eigenvalue weighted by atomic mass is 9.85. The first-order valence-corrected chi connectivity index (χ1v) is 3.65. The van der Waals surface area contributed by atoms with Crippen LogP contribution in [0.15, 0.2) is 0 Å². The number of aliphatic hydroxyl groups is 1. The molecule has 1 aliphatic carbocycles. The zero-order valence-corrected chi connectivity index (χ0v) is 6.09. The summed E-state index contributed by atoms with van der Waals surface area (Å²) in [7, 11) is 0. The Hall–Kier alpha value is -0.640. The van der Waals surface area contributed by atoms with E-state index in [4.69, 9.17) is 10.2 Å². The van der Waals surface area contributed by atoms with Crippen molar-refractivity contribution in [1.82, 2.24) is 0 Å². The summed E-state index contributed by atoms with van der Waals surface area (Å²) in [4.78, 5) is 10.3. The second-order valence-corrected chi connectivity index (χ2v) is 3.02. The normalized spacial score (nSPS) is 38.5. The summed E-state index contributed by atoms with van der Waals surface area (Å²) >= 11 is 0. The van der Waals surface area contributed by atoms with Crippen molar-refractivity contribution in [3.05, 3.63) is 0 Å². The van der Waals surface area contributed by atoms with Gasteiger partial charge in [0.15, 0.2) is 0 Å². The third-order valence-electron chi connectivity index (χ3n) is 2.05. The van der Waals surface area contributed by atoms with Crippen molar-refractivity contribution in [1.29, 1.82) is 0 Å². The fraction of sp³-hybridized carbons (Fsp3) is 0.857. The predicted octanol–water partition coefficient (Wildman–Crippen LogP) is 0.714. The van der Waals surface area contributed by atoms with Gasteiger partial charge in [0.25, 0.3) is 0 Å². The summed E-state index contributed by atoms with van der Waals surface area (Å²) in [5.41, 5.74) is -2.18. The predicted molar refractivity (Wildman–Crippen MR) is 35.9 cm³/mol. The molecule has 0 bridgehead atoms. The molecule has 0 aliphatic heterocycles. The number of carbonyl (C=O) groups is 1. The summed E-state index contributed by atoms with van der Waals surface area (Å²) in [6.07, 6.45) is -0.0603. The molecule has 0 amide bonds. The number of rotatable bonds is 1. The van der Waals surface area contributed by atoms with Crippen LogP contribution in [0.25, 0.3) is 0 Å². The first-order valence-electron chi connectivity index (χ1n) is 3.65. The topological polar surface area (TPSA) is 57.5 Å². The molecule has 2 unspecified atom stereocenters. The highest BCUT2D eigenvalue weighted by atomic mass is 19.1. The van der Waals surface area contributed by atoms with Crippen molar-refractivity contribution in [2.75, 3.05) is 0 Å². The molecule has 11 heavy (non-hydrogen) atoms. The van der Waals surface area contributed by atoms with Crippen LogP contribution in [0.3, 0.4) is 0 Å². The highest BCUT2D eigenvalue weighted by Crippen LogP contribution is 2.31. The molecule has 2 N–H and O–H groups in total. The van der Waals surface area contributed by atoms with Crippen LogP contribution in [-0.4, -0.2) is 28.0 Å². The van der Waals surface area contributed by atoms with Gasteiger partial charge in [-0.1, -0.05) is 0 Å². The average molecular weight is 162 g/mol. The van der Waals surface area contributed by atoms with E-state index in [1.807, 2.05) is 0 Å². The Morgan fingerprint density at radius 2 is 2.27 bits per heavy atom. The van der Waals surface area contributed by atoms with Crippen LogP contribution in [-0.2, 0) is 4.79 Å². The van der Waals surface area contributed by atoms with E-state index in [1.165, 1.54) is 0 Å². The van der Waals surface area contributed by atoms with Gasteiger partial charge >= 0.3 is 5.97 Å². The fourth-order valence-corrected chi connectivity index (χ4v) is 1.39. The highest BCUT2D eigenvalue weighted by molar-refractivity contribution is 5.77. The van der Waals surface area contributed by atoms with Crippen LogP contribution in [0.2, 0.25) is 0 Å². The Morgan fingerprint density at radius 1 is 1.64 bits per heavy atom. The maximum atomic E-state index is 13.2. The van der Waals surface area contributed by atoms with Crippen LogP contribution >= 0.6 is 0 Å². The van der Waals surface area contributed by atoms with Gasteiger partial charge in [-0.3, -0.25) is 0 Å². The van der Waals surface area contributed by atoms with Crippen molar-refractivity contribution < 1.29 is 19.4 Å². The van der Waals surface area contributed by atoms with E-state index in [9.17, 15) is 9.18 Å². The maximum absolute atomic E-state index is 13.2. The van der Waals surface area contributed by atoms with E-state index >= 15 is 0 Å². The largest absolute Gasteiger partial charge is 0.479 e. The number of hydrogen-bond acceptors (Lipinski definition) is 2. The smallest absolute Gasteiger partial charge is 0.341 e. The van der Waals surface area contributed by atoms with Crippen LogP contribution in [0.5, 0.6) is 0 Å². The number of carboxylic acids is 1. The van der Waals surface area contributed by atoms with Crippen LogP contribution in [0, 0.1) is 0 Å². The lowest BCUT2D eigenvalue weighted by Gasteiger charge is -2.28. The summed E-state index contributed by atoms with van der Waals surface area (Å²) in [5.74, 6) is -1.45. The van der Waals surface area contributed by atoms with Gasteiger partial charge in [0.05, 0.1) is 6.10 Å². The molecule has 0 spiro atoms. The molecule has 1 saturated carbocycles. The lowest BCUT2D eigenvalue weighted by molar-refractivity contribution is -0.155. The van der Waals surface area contributed by atoms with E-state index in [0.29, 0.717) is 12.8 Å². The molecule has 4 heteroatoms. The molecule has 1 aliphatic rings. The van der Waals surface area contributed by atoms with Crippen molar-refractivity contribution in [3.63, 3.8) is 0 Å². The Kier molecular flexibility index (Phi) is 2.13. The van der Waals surface area contributed by atoms with E-state index < -0.39 is 17.7 Å². The van der Waals surface area contributed by atoms with Gasteiger partial charge in [-0.2, -0.15) is 0 Å². The Bertz CT molecular complexity index is 171. The number of aliphatic hydroxyl groups excluding tert-OH is 1. The van der Waals surface area contributed by atoms with Gasteiger partial charge in [0.2, 0.25) is 5.67 Å². The number of carboxylic acid groups (broad SMARTS) is 1. The summed E-state index contributed by atoms with van der Waals surface area (Å²) in [6, 6.07) is 0. The zero-order chi connectivity index (χ0) is 8.48. The molecule has 0 radical (unpaired) electrons. The lowest BCUT2D eigenvalue weighted by Crippen LogP contribution is -2.40. The van der Waals surface area contributed by atoms with Crippen molar-refractivity contribution in [3.8, 4) is 0 Å². The molecule has 0 saturated heterocycles. The first-order chi connectivity index (χ1) is 5.04. The maximum Gasteiger partial charge on any atom is 0.341 e. The minimum Gasteiger partial charge on any atom is -0.479 e. The monoisotopic (exact) mass is 162 g/mol. The summed E-state index contributed by atoms with van der Waals surface area (Å²) in [5, 5.41) is 17.4. The van der Waals surface area contributed by atoms with E-state index in [2.05, 4.69) is 0 Å². The second kappa shape index (κ2) is 2.77. The molecule has 2 atom stereocenters. The number of hydrogen-bond donors (Lipinski definition) is 2. The molecule has 64 valence electrons. The Balaban J connectivity index is 2.63. The average Bonchev–Trinajstić information content (AvgIpc) is 1.86. The molecule has 0 aromatic rings. The summed E-state index contributed by atoms with van der Waals surface area (Å²) in [6.45, 7) is 0. The van der Waals surface area contributed by atoms with Gasteiger partial charge in [-0.05, 0) is 19.3 Å². The van der Waals surface area contributed by atoms with Crippen molar-refractivity contribution >= 4 is 5.97 Å². The highest BCUT2D eigenvalue weighted by Gasteiger charge is 2.42. The molecule has 0 aromatic heterocycles. The quantitative estimate of drug-likeness (QED) is 0.597. The summed E-state index contributed by atoms with van der Waals surface area (Å²) < 4.78 is 13.2. The molecule has 1 rings (SSSR count). The molecule has 0 heterocycles. The van der Waals surface area contributed by atoms with Gasteiger partial charge in [-0.25, -0.2) is 9.18 Å². The van der Waals surface area contributed by atoms with Crippen LogP contribution in [0.4, 0.5) is 4.39 Å². The van der Waals surface area contributed by atoms with Crippen LogP contribution in [0.1, 0.15) is 25.7 Å². The van der Waals surface area contributed by atoms with Gasteiger partial charge < -0.3 is 10.2 Å². The number of halogens is 1. The van der Waals surface area contributed by atoms with E-state index in [-0.39, 0.29) is 12.8 Å². The Labute approximate surface area is 63.8 Å². The van der Waals surface area contributed by atoms with E-state index in [0.717, 1.165) is 0 Å². The third kappa shape index (κ3) is 1.68. The number of aliphatic carboxylic acids is 1. The standard InChI is InChI=1S/C7H11FO3/c8-7(6(10)11)3-1-2-5(9)4-7/h5,9H,1-4H2,(H,10,11). The van der Waals surface area contributed by atoms with Gasteiger partial charge in [0, 0.05) is 6.42 Å². The van der Waals surface area contributed by atoms with E-state index in [1.54, 1.807) is 0 Å². The van der Waals surface area contributed by atoms with Gasteiger partial charge in [-0.15, -0.1) is 0 Å². The molecule has 0 aromatic carbocycles. The molecule has 1 fully saturated rings. The minimum atomic E-state index is -2.18. The van der Waals surface area contributed by atoms with Crippen molar-refractivity contribution in [2.24, 2.45) is 0 Å². The number of alkyl halides is 1. The minimum absolute atomic E-state index is 0.0272. The van der Waals surface area contributed by atoms with Crippen molar-refractivity contribution in [2.45, 2.75) is 37.5 Å². The zero-order valence-electron chi connectivity index (χ0n) is 6.09. The molecular weight excluding hydrogens is 151 g/mol. The SMILES string of the molecule is O=C(O)C1(F)CCCC(O)C1. The Morgan fingerprint density at radius 3 is 2.64 bits per heavy atom. The molecular formula is C7H11FO3. The third-order valence-corrected chi connectivity index (χ3v) is 2.05. The fourth-order valence-electron chi connectivity index (χ4n) is 1.39. The first kappa shape index (κ1) is 8.46. The van der Waals surface area contributed by atoms with Crippen LogP contribution < -0.4 is 0 Å². The molecule has 3 nitrogen and oxygen atoms in total. The second-order valence-electron chi connectivity index (χ2n) is 3.02.